The van der Waals surface area contributed by atoms with Crippen LogP contribution in [0.2, 0.25) is 0 Å². The van der Waals surface area contributed by atoms with Crippen molar-refractivity contribution in [1.82, 2.24) is 5.32 Å². The largest absolute Gasteiger partial charge is 0.444 e. The quantitative estimate of drug-likeness (QED) is 0.852. The topological polar surface area (TPSA) is 62.1 Å². The zero-order chi connectivity index (χ0) is 12.9. The summed E-state index contributed by atoms with van der Waals surface area (Å²) in [4.78, 5) is 11.5. The number of carbonyl (C=O) groups is 1. The molecule has 0 radical (unpaired) electrons. The lowest BCUT2D eigenvalue weighted by atomic mass is 10.1. The van der Waals surface area contributed by atoms with Gasteiger partial charge in [-0.05, 0) is 26.3 Å². The van der Waals surface area contributed by atoms with Crippen LogP contribution in [0.3, 0.4) is 0 Å². The van der Waals surface area contributed by atoms with Crippen molar-refractivity contribution in [2.24, 2.45) is 0 Å². The minimum absolute atomic E-state index is 0.569. The average molecular weight is 232 g/mol. The molecule has 0 aromatic heterocycles. The summed E-state index contributed by atoms with van der Waals surface area (Å²) in [6.07, 6.45) is -0.590. The molecule has 0 fully saturated rings. The second-order valence-corrected chi connectivity index (χ2v) is 4.62. The fourth-order valence-corrected chi connectivity index (χ4v) is 1.26. The molecule has 1 aromatic carbocycles. The highest BCUT2D eigenvalue weighted by atomic mass is 16.6. The van der Waals surface area contributed by atoms with Crippen molar-refractivity contribution in [2.45, 2.75) is 32.4 Å². The van der Waals surface area contributed by atoms with E-state index in [0.717, 1.165) is 5.56 Å². The monoisotopic (exact) mass is 232 g/mol. The lowest BCUT2D eigenvalue weighted by Crippen LogP contribution is -2.34. The molecule has 1 amide bonds. The summed E-state index contributed by atoms with van der Waals surface area (Å²) >= 11 is 0. The van der Waals surface area contributed by atoms with Crippen molar-refractivity contribution in [2.75, 3.05) is 0 Å². The third kappa shape index (κ3) is 4.56. The maximum atomic E-state index is 11.5. The number of rotatable bonds is 2. The molecule has 4 nitrogen and oxygen atoms in total. The summed E-state index contributed by atoms with van der Waals surface area (Å²) in [5.74, 6) is 0. The first kappa shape index (κ1) is 13.0. The van der Waals surface area contributed by atoms with E-state index in [1.165, 1.54) is 0 Å². The Morgan fingerprint density at radius 3 is 2.41 bits per heavy atom. The summed E-state index contributed by atoms with van der Waals surface area (Å²) in [6, 6.07) is 10.4. The minimum atomic E-state index is -0.689. The van der Waals surface area contributed by atoms with E-state index in [1.54, 1.807) is 32.9 Å². The van der Waals surface area contributed by atoms with Gasteiger partial charge in [-0.15, -0.1) is 0 Å². The van der Waals surface area contributed by atoms with Gasteiger partial charge in [-0.3, -0.25) is 0 Å². The molecule has 4 heteroatoms. The van der Waals surface area contributed by atoms with Gasteiger partial charge < -0.3 is 10.1 Å². The Morgan fingerprint density at radius 2 is 1.94 bits per heavy atom. The SMILES string of the molecule is CC(C)(C)OC(=O)N[C@H](C#N)c1ccccc1. The number of nitrogens with one attached hydrogen (secondary N) is 1. The lowest BCUT2D eigenvalue weighted by Gasteiger charge is -2.21. The first-order valence-electron chi connectivity index (χ1n) is 5.36. The molecule has 17 heavy (non-hydrogen) atoms. The molecule has 1 aromatic rings. The number of ether oxygens (including phenoxy) is 1. The molecule has 0 saturated heterocycles. The first-order valence-corrected chi connectivity index (χ1v) is 5.36. The number of hydrogen-bond donors (Lipinski definition) is 1. The average Bonchev–Trinajstić information content (AvgIpc) is 2.24. The van der Waals surface area contributed by atoms with Crippen LogP contribution in [0.25, 0.3) is 0 Å². The van der Waals surface area contributed by atoms with Gasteiger partial charge >= 0.3 is 6.09 Å². The fraction of sp³-hybridized carbons (Fsp3) is 0.385. The third-order valence-corrected chi connectivity index (χ3v) is 1.92. The van der Waals surface area contributed by atoms with Crippen molar-refractivity contribution in [1.29, 1.82) is 5.26 Å². The molecule has 0 aliphatic carbocycles. The number of nitriles is 1. The van der Waals surface area contributed by atoms with Crippen LogP contribution in [0.5, 0.6) is 0 Å². The molecular weight excluding hydrogens is 216 g/mol. The second-order valence-electron chi connectivity index (χ2n) is 4.62. The summed E-state index contributed by atoms with van der Waals surface area (Å²) in [5.41, 5.74) is 0.168. The molecule has 0 aliphatic rings. The predicted octanol–water partition coefficient (Wildman–Crippen LogP) is 2.78. The number of alkyl carbamates (subject to hydrolysis) is 1. The third-order valence-electron chi connectivity index (χ3n) is 1.92. The first-order chi connectivity index (χ1) is 7.92. The number of amides is 1. The van der Waals surface area contributed by atoms with E-state index in [2.05, 4.69) is 5.32 Å². The van der Waals surface area contributed by atoms with Crippen LogP contribution in [0.1, 0.15) is 32.4 Å². The van der Waals surface area contributed by atoms with E-state index < -0.39 is 17.7 Å². The van der Waals surface area contributed by atoms with Gasteiger partial charge in [0, 0.05) is 0 Å². The zero-order valence-corrected chi connectivity index (χ0v) is 10.2. The smallest absolute Gasteiger partial charge is 0.408 e. The van der Waals surface area contributed by atoms with Gasteiger partial charge in [0.2, 0.25) is 0 Å². The van der Waals surface area contributed by atoms with E-state index >= 15 is 0 Å². The Hall–Kier alpha value is -2.02. The van der Waals surface area contributed by atoms with Crippen molar-refractivity contribution in [3.05, 3.63) is 35.9 Å². The Morgan fingerprint density at radius 1 is 1.35 bits per heavy atom. The van der Waals surface area contributed by atoms with Gasteiger partial charge in [0.1, 0.15) is 11.6 Å². The molecule has 0 saturated carbocycles. The normalized spacial score (nSPS) is 12.4. The predicted molar refractivity (Wildman–Crippen MR) is 64.2 cm³/mol. The number of carbonyl (C=O) groups excluding carboxylic acids is 1. The van der Waals surface area contributed by atoms with Gasteiger partial charge in [0.05, 0.1) is 6.07 Å². The van der Waals surface area contributed by atoms with Crippen molar-refractivity contribution < 1.29 is 9.53 Å². The minimum Gasteiger partial charge on any atom is -0.444 e. The maximum Gasteiger partial charge on any atom is 0.408 e. The molecule has 1 N–H and O–H groups in total. The molecule has 1 atom stereocenters. The highest BCUT2D eigenvalue weighted by Gasteiger charge is 2.19. The number of hydrogen-bond acceptors (Lipinski definition) is 3. The molecule has 1 rings (SSSR count). The Balaban J connectivity index is 2.67. The maximum absolute atomic E-state index is 11.5. The summed E-state index contributed by atoms with van der Waals surface area (Å²) < 4.78 is 5.09. The molecule has 90 valence electrons. The van der Waals surface area contributed by atoms with Crippen LogP contribution in [-0.4, -0.2) is 11.7 Å². The molecule has 0 aliphatic heterocycles. The molecular formula is C13H16N2O2. The van der Waals surface area contributed by atoms with Crippen molar-refractivity contribution in [3.8, 4) is 6.07 Å². The zero-order valence-electron chi connectivity index (χ0n) is 10.2. The Kier molecular flexibility index (Phi) is 4.11. The van der Waals surface area contributed by atoms with Crippen LogP contribution in [-0.2, 0) is 4.74 Å². The van der Waals surface area contributed by atoms with Crippen LogP contribution in [0, 0.1) is 11.3 Å². The van der Waals surface area contributed by atoms with Gasteiger partial charge in [-0.25, -0.2) is 4.79 Å². The number of benzene rings is 1. The molecule has 0 unspecified atom stereocenters. The van der Waals surface area contributed by atoms with E-state index in [4.69, 9.17) is 10.00 Å². The van der Waals surface area contributed by atoms with Crippen molar-refractivity contribution in [3.63, 3.8) is 0 Å². The molecule has 0 spiro atoms. The highest BCUT2D eigenvalue weighted by molar-refractivity contribution is 5.69. The number of nitrogens with zero attached hydrogens (tertiary/aromatic N) is 1. The molecule has 0 bridgehead atoms. The van der Waals surface area contributed by atoms with Gasteiger partial charge in [0.15, 0.2) is 0 Å². The van der Waals surface area contributed by atoms with E-state index in [0.29, 0.717) is 0 Å². The van der Waals surface area contributed by atoms with Gasteiger partial charge in [0.25, 0.3) is 0 Å². The van der Waals surface area contributed by atoms with Crippen LogP contribution >= 0.6 is 0 Å². The summed E-state index contributed by atoms with van der Waals surface area (Å²) in [6.45, 7) is 5.32. The Labute approximate surface area is 101 Å². The van der Waals surface area contributed by atoms with Gasteiger partial charge in [-0.1, -0.05) is 30.3 Å². The Bertz CT molecular complexity index is 415. The van der Waals surface area contributed by atoms with Crippen LogP contribution in [0.4, 0.5) is 4.79 Å². The van der Waals surface area contributed by atoms with E-state index in [1.807, 2.05) is 24.3 Å². The fourth-order valence-electron chi connectivity index (χ4n) is 1.26. The van der Waals surface area contributed by atoms with Gasteiger partial charge in [-0.2, -0.15) is 5.26 Å². The highest BCUT2D eigenvalue weighted by Crippen LogP contribution is 2.13. The summed E-state index contributed by atoms with van der Waals surface area (Å²) in [7, 11) is 0. The van der Waals surface area contributed by atoms with E-state index in [9.17, 15) is 4.79 Å². The van der Waals surface area contributed by atoms with Crippen LogP contribution < -0.4 is 5.32 Å². The lowest BCUT2D eigenvalue weighted by molar-refractivity contribution is 0.0515. The second kappa shape index (κ2) is 5.35. The summed E-state index contributed by atoms with van der Waals surface area (Å²) in [5, 5.41) is 11.5. The standard InChI is InChI=1S/C13H16N2O2/c1-13(2,3)17-12(16)15-11(9-14)10-7-5-4-6-8-10/h4-8,11H,1-3H3,(H,15,16)/t11-/m1/s1. The van der Waals surface area contributed by atoms with Crippen LogP contribution in [0.15, 0.2) is 30.3 Å². The molecule has 0 heterocycles. The van der Waals surface area contributed by atoms with E-state index in [-0.39, 0.29) is 0 Å². The van der Waals surface area contributed by atoms with Crippen molar-refractivity contribution >= 4 is 6.09 Å².